The van der Waals surface area contributed by atoms with Crippen LogP contribution in [0.4, 0.5) is 18.9 Å². The molecule has 0 aromatic heterocycles. The Morgan fingerprint density at radius 2 is 1.57 bits per heavy atom. The van der Waals surface area contributed by atoms with Gasteiger partial charge in [-0.3, -0.25) is 4.79 Å². The first-order valence-corrected chi connectivity index (χ1v) is 6.16. The van der Waals surface area contributed by atoms with Gasteiger partial charge in [0.25, 0.3) is 0 Å². The Labute approximate surface area is 119 Å². The fraction of sp³-hybridized carbons (Fsp3) is 0.0625. The van der Waals surface area contributed by atoms with Gasteiger partial charge in [-0.05, 0) is 35.9 Å². The number of hydrogen-bond acceptors (Lipinski definition) is 1. The maximum Gasteiger partial charge on any atom is 0.416 e. The molecule has 0 saturated carbocycles. The molecule has 21 heavy (non-hydrogen) atoms. The lowest BCUT2D eigenvalue weighted by atomic mass is 10.1. The van der Waals surface area contributed by atoms with E-state index in [9.17, 15) is 18.0 Å². The molecule has 2 nitrogen and oxygen atoms in total. The highest BCUT2D eigenvalue weighted by atomic mass is 19.4. The number of amides is 1. The van der Waals surface area contributed by atoms with Crippen molar-refractivity contribution in [3.8, 4) is 0 Å². The number of hydrogen-bond donors (Lipinski definition) is 1. The van der Waals surface area contributed by atoms with Gasteiger partial charge in [0.1, 0.15) is 0 Å². The molecule has 0 bridgehead atoms. The second kappa shape index (κ2) is 6.26. The summed E-state index contributed by atoms with van der Waals surface area (Å²) in [6, 6.07) is 13.5. The van der Waals surface area contributed by atoms with E-state index < -0.39 is 11.7 Å². The van der Waals surface area contributed by atoms with Crippen molar-refractivity contribution < 1.29 is 18.0 Å². The third-order valence-corrected chi connectivity index (χ3v) is 2.71. The van der Waals surface area contributed by atoms with Crippen molar-refractivity contribution in [3.63, 3.8) is 0 Å². The third kappa shape index (κ3) is 4.49. The fourth-order valence-corrected chi connectivity index (χ4v) is 1.66. The van der Waals surface area contributed by atoms with Crippen molar-refractivity contribution in [3.05, 3.63) is 71.8 Å². The van der Waals surface area contributed by atoms with Crippen LogP contribution in [0.1, 0.15) is 11.1 Å². The van der Waals surface area contributed by atoms with E-state index in [2.05, 4.69) is 5.32 Å². The quantitative estimate of drug-likeness (QED) is 0.836. The van der Waals surface area contributed by atoms with Crippen LogP contribution in [0.2, 0.25) is 0 Å². The van der Waals surface area contributed by atoms with Gasteiger partial charge in [0, 0.05) is 11.8 Å². The van der Waals surface area contributed by atoms with Gasteiger partial charge >= 0.3 is 6.18 Å². The van der Waals surface area contributed by atoms with Crippen molar-refractivity contribution in [2.45, 2.75) is 6.18 Å². The highest BCUT2D eigenvalue weighted by Crippen LogP contribution is 2.29. The van der Waals surface area contributed by atoms with Crippen LogP contribution in [-0.2, 0) is 11.0 Å². The van der Waals surface area contributed by atoms with E-state index in [0.717, 1.165) is 12.1 Å². The van der Waals surface area contributed by atoms with Crippen LogP contribution in [0.5, 0.6) is 0 Å². The minimum absolute atomic E-state index is 0.346. The summed E-state index contributed by atoms with van der Waals surface area (Å²) in [7, 11) is 0. The summed E-state index contributed by atoms with van der Waals surface area (Å²) in [5.74, 6) is -0.346. The van der Waals surface area contributed by atoms with E-state index in [4.69, 9.17) is 0 Å². The van der Waals surface area contributed by atoms with Crippen LogP contribution < -0.4 is 5.32 Å². The van der Waals surface area contributed by atoms with Crippen molar-refractivity contribution in [2.75, 3.05) is 5.32 Å². The average molecular weight is 291 g/mol. The van der Waals surface area contributed by atoms with E-state index in [1.807, 2.05) is 6.07 Å². The minimum atomic E-state index is -4.35. The molecule has 0 aliphatic heterocycles. The summed E-state index contributed by atoms with van der Waals surface area (Å²) in [5.41, 5.74) is 0.458. The van der Waals surface area contributed by atoms with E-state index in [-0.39, 0.29) is 5.91 Å². The van der Waals surface area contributed by atoms with Gasteiger partial charge in [0.2, 0.25) is 5.91 Å². The monoisotopic (exact) mass is 291 g/mol. The largest absolute Gasteiger partial charge is 0.416 e. The van der Waals surface area contributed by atoms with Gasteiger partial charge in [0.05, 0.1) is 5.56 Å². The maximum atomic E-state index is 12.4. The number of benzene rings is 2. The summed E-state index contributed by atoms with van der Waals surface area (Å²) < 4.78 is 37.2. The van der Waals surface area contributed by atoms with Gasteiger partial charge in [-0.1, -0.05) is 30.3 Å². The predicted octanol–water partition coefficient (Wildman–Crippen LogP) is 4.36. The van der Waals surface area contributed by atoms with Crippen LogP contribution in [0, 0.1) is 0 Å². The van der Waals surface area contributed by atoms with Gasteiger partial charge in [0.15, 0.2) is 0 Å². The average Bonchev–Trinajstić information content (AvgIpc) is 2.46. The molecular weight excluding hydrogens is 279 g/mol. The lowest BCUT2D eigenvalue weighted by Crippen LogP contribution is -2.07. The molecule has 5 heteroatoms. The Morgan fingerprint density at radius 1 is 0.952 bits per heavy atom. The van der Waals surface area contributed by atoms with Gasteiger partial charge in [-0.2, -0.15) is 13.2 Å². The van der Waals surface area contributed by atoms with Crippen LogP contribution in [0.25, 0.3) is 6.08 Å². The number of nitrogens with one attached hydrogen (secondary N) is 1. The zero-order chi connectivity index (χ0) is 15.3. The molecule has 0 spiro atoms. The van der Waals surface area contributed by atoms with Gasteiger partial charge < -0.3 is 5.32 Å². The molecular formula is C16H12F3NO. The summed E-state index contributed by atoms with van der Waals surface area (Å²) in [4.78, 5) is 11.6. The summed E-state index contributed by atoms with van der Waals surface area (Å²) in [6.45, 7) is 0. The first-order chi connectivity index (χ1) is 9.95. The molecule has 0 saturated heterocycles. The zero-order valence-corrected chi connectivity index (χ0v) is 10.9. The number of anilines is 1. The number of rotatable bonds is 3. The van der Waals surface area contributed by atoms with Crippen LogP contribution in [-0.4, -0.2) is 5.91 Å². The van der Waals surface area contributed by atoms with E-state index >= 15 is 0 Å². The molecule has 2 aromatic rings. The second-order valence-corrected chi connectivity index (χ2v) is 4.31. The number of halogens is 3. The fourth-order valence-electron chi connectivity index (χ4n) is 1.66. The molecule has 108 valence electrons. The Hall–Kier alpha value is -2.56. The predicted molar refractivity (Wildman–Crippen MR) is 75.5 cm³/mol. The molecule has 0 unspecified atom stereocenters. The highest BCUT2D eigenvalue weighted by molar-refractivity contribution is 6.01. The van der Waals surface area contributed by atoms with Crippen LogP contribution >= 0.6 is 0 Å². The SMILES string of the molecule is O=C(/C=C\c1ccc(C(F)(F)F)cc1)Nc1ccccc1. The number of alkyl halides is 3. The Balaban J connectivity index is 1.99. The molecule has 0 heterocycles. The summed E-state index contributed by atoms with van der Waals surface area (Å²) in [5, 5.41) is 2.64. The van der Waals surface area contributed by atoms with E-state index in [1.54, 1.807) is 24.3 Å². The maximum absolute atomic E-state index is 12.4. The molecule has 1 amide bonds. The first-order valence-electron chi connectivity index (χ1n) is 6.16. The first kappa shape index (κ1) is 14.8. The molecule has 0 fully saturated rings. The van der Waals surface area contributed by atoms with Crippen LogP contribution in [0.15, 0.2) is 60.7 Å². The Morgan fingerprint density at radius 3 is 2.14 bits per heavy atom. The Kier molecular flexibility index (Phi) is 4.42. The molecule has 0 radical (unpaired) electrons. The Bertz CT molecular complexity index is 631. The standard InChI is InChI=1S/C16H12F3NO/c17-16(18,19)13-9-6-12(7-10-13)8-11-15(21)20-14-4-2-1-3-5-14/h1-11H,(H,20,21)/b11-8-. The number of para-hydroxylation sites is 1. The minimum Gasteiger partial charge on any atom is -0.323 e. The summed E-state index contributed by atoms with van der Waals surface area (Å²) in [6.07, 6.45) is -1.62. The molecule has 1 N–H and O–H groups in total. The number of carbonyl (C=O) groups is 1. The number of carbonyl (C=O) groups excluding carboxylic acids is 1. The second-order valence-electron chi connectivity index (χ2n) is 4.31. The topological polar surface area (TPSA) is 29.1 Å². The lowest BCUT2D eigenvalue weighted by molar-refractivity contribution is -0.137. The molecule has 0 atom stereocenters. The molecule has 0 aliphatic carbocycles. The third-order valence-electron chi connectivity index (χ3n) is 2.71. The van der Waals surface area contributed by atoms with Crippen LogP contribution in [0.3, 0.4) is 0 Å². The van der Waals surface area contributed by atoms with Crippen molar-refractivity contribution in [2.24, 2.45) is 0 Å². The molecule has 2 aromatic carbocycles. The van der Waals surface area contributed by atoms with Gasteiger partial charge in [-0.25, -0.2) is 0 Å². The zero-order valence-electron chi connectivity index (χ0n) is 10.9. The molecule has 2 rings (SSSR count). The van der Waals surface area contributed by atoms with E-state index in [0.29, 0.717) is 11.3 Å². The van der Waals surface area contributed by atoms with Crippen molar-refractivity contribution in [1.82, 2.24) is 0 Å². The molecule has 0 aliphatic rings. The van der Waals surface area contributed by atoms with Gasteiger partial charge in [-0.15, -0.1) is 0 Å². The smallest absolute Gasteiger partial charge is 0.323 e. The highest BCUT2D eigenvalue weighted by Gasteiger charge is 2.29. The normalized spacial score (nSPS) is 11.6. The van der Waals surface area contributed by atoms with E-state index in [1.165, 1.54) is 24.3 Å². The summed E-state index contributed by atoms with van der Waals surface area (Å²) >= 11 is 0. The van der Waals surface area contributed by atoms with Crippen molar-refractivity contribution >= 4 is 17.7 Å². The van der Waals surface area contributed by atoms with Crippen molar-refractivity contribution in [1.29, 1.82) is 0 Å². The lowest BCUT2D eigenvalue weighted by Gasteiger charge is -2.06.